The standard InChI is InChI=1S/C13H25N3S/c1-12(2)8-10(12)15-11(14-5)16-6-7-17-13(3,4)9-16/h10H,6-9H2,1-5H3,(H,14,15). The van der Waals surface area contributed by atoms with E-state index >= 15 is 0 Å². The zero-order chi connectivity index (χ0) is 12.7. The van der Waals surface area contributed by atoms with Crippen LogP contribution in [-0.2, 0) is 0 Å². The van der Waals surface area contributed by atoms with Crippen LogP contribution in [0.2, 0.25) is 0 Å². The fourth-order valence-electron chi connectivity index (χ4n) is 2.36. The largest absolute Gasteiger partial charge is 0.353 e. The molecule has 1 saturated carbocycles. The fourth-order valence-corrected chi connectivity index (χ4v) is 3.48. The van der Waals surface area contributed by atoms with E-state index in [1.807, 2.05) is 7.05 Å². The van der Waals surface area contributed by atoms with Crippen LogP contribution in [0, 0.1) is 5.41 Å². The van der Waals surface area contributed by atoms with Crippen molar-refractivity contribution in [3.8, 4) is 0 Å². The van der Waals surface area contributed by atoms with Gasteiger partial charge in [-0.25, -0.2) is 0 Å². The van der Waals surface area contributed by atoms with Crippen molar-refractivity contribution in [3.63, 3.8) is 0 Å². The molecule has 1 heterocycles. The average molecular weight is 255 g/mol. The summed E-state index contributed by atoms with van der Waals surface area (Å²) >= 11 is 2.06. The predicted octanol–water partition coefficient (Wildman–Crippen LogP) is 2.19. The van der Waals surface area contributed by atoms with Crippen molar-refractivity contribution in [2.75, 3.05) is 25.9 Å². The number of nitrogens with zero attached hydrogens (tertiary/aromatic N) is 2. The summed E-state index contributed by atoms with van der Waals surface area (Å²) < 4.78 is 0.342. The monoisotopic (exact) mass is 255 g/mol. The minimum absolute atomic E-state index is 0.342. The molecule has 0 radical (unpaired) electrons. The molecule has 1 saturated heterocycles. The molecule has 2 rings (SSSR count). The first-order valence-electron chi connectivity index (χ1n) is 6.46. The van der Waals surface area contributed by atoms with Crippen LogP contribution >= 0.6 is 11.8 Å². The molecule has 3 nitrogen and oxygen atoms in total. The zero-order valence-electron chi connectivity index (χ0n) is 11.7. The minimum Gasteiger partial charge on any atom is -0.353 e. The van der Waals surface area contributed by atoms with Gasteiger partial charge in [0.1, 0.15) is 0 Å². The fraction of sp³-hybridized carbons (Fsp3) is 0.923. The molecule has 4 heteroatoms. The Morgan fingerprint density at radius 1 is 1.35 bits per heavy atom. The second kappa shape index (κ2) is 4.38. The molecule has 2 aliphatic rings. The van der Waals surface area contributed by atoms with E-state index in [4.69, 9.17) is 0 Å². The van der Waals surface area contributed by atoms with Crippen LogP contribution in [-0.4, -0.2) is 47.5 Å². The van der Waals surface area contributed by atoms with Gasteiger partial charge in [0.2, 0.25) is 0 Å². The normalized spacial score (nSPS) is 31.2. The number of hydrogen-bond acceptors (Lipinski definition) is 2. The second-order valence-electron chi connectivity index (χ2n) is 6.47. The number of thioether (sulfide) groups is 1. The summed E-state index contributed by atoms with van der Waals surface area (Å²) in [5.41, 5.74) is 0.454. The number of nitrogens with one attached hydrogen (secondary N) is 1. The van der Waals surface area contributed by atoms with Gasteiger partial charge in [-0.2, -0.15) is 11.8 Å². The molecule has 1 aliphatic carbocycles. The number of aliphatic imine (C=N–C) groups is 1. The molecular formula is C13H25N3S. The van der Waals surface area contributed by atoms with Crippen LogP contribution in [0.1, 0.15) is 34.1 Å². The van der Waals surface area contributed by atoms with E-state index < -0.39 is 0 Å². The maximum Gasteiger partial charge on any atom is 0.193 e. The molecule has 2 fully saturated rings. The van der Waals surface area contributed by atoms with Crippen LogP contribution < -0.4 is 5.32 Å². The molecular weight excluding hydrogens is 230 g/mol. The summed E-state index contributed by atoms with van der Waals surface area (Å²) in [5, 5.41) is 3.61. The van der Waals surface area contributed by atoms with Gasteiger partial charge in [-0.05, 0) is 25.7 Å². The summed E-state index contributed by atoms with van der Waals surface area (Å²) in [6.07, 6.45) is 1.26. The van der Waals surface area contributed by atoms with Crippen LogP contribution in [0.4, 0.5) is 0 Å². The molecule has 0 aromatic rings. The van der Waals surface area contributed by atoms with E-state index in [2.05, 4.69) is 54.7 Å². The SMILES string of the molecule is CN=C(NC1CC1(C)C)N1CCSC(C)(C)C1. The predicted molar refractivity (Wildman–Crippen MR) is 76.8 cm³/mol. The lowest BCUT2D eigenvalue weighted by Crippen LogP contribution is -2.51. The number of hydrogen-bond donors (Lipinski definition) is 1. The Morgan fingerprint density at radius 3 is 2.47 bits per heavy atom. The van der Waals surface area contributed by atoms with Crippen molar-refractivity contribution in [3.05, 3.63) is 0 Å². The minimum atomic E-state index is 0.342. The Hall–Kier alpha value is -0.380. The molecule has 0 aromatic heterocycles. The van der Waals surface area contributed by atoms with E-state index in [9.17, 15) is 0 Å². The van der Waals surface area contributed by atoms with Gasteiger partial charge in [0.15, 0.2) is 5.96 Å². The Labute approximate surface area is 109 Å². The topological polar surface area (TPSA) is 27.6 Å². The van der Waals surface area contributed by atoms with Gasteiger partial charge in [-0.15, -0.1) is 0 Å². The van der Waals surface area contributed by atoms with Gasteiger partial charge in [0.05, 0.1) is 0 Å². The van der Waals surface area contributed by atoms with Crippen molar-refractivity contribution in [2.45, 2.75) is 44.9 Å². The lowest BCUT2D eigenvalue weighted by molar-refractivity contribution is 0.373. The van der Waals surface area contributed by atoms with Gasteiger partial charge in [0.25, 0.3) is 0 Å². The smallest absolute Gasteiger partial charge is 0.193 e. The summed E-state index contributed by atoms with van der Waals surface area (Å²) in [6, 6.07) is 0.610. The first kappa shape index (κ1) is 13.1. The molecule has 1 atom stereocenters. The highest BCUT2D eigenvalue weighted by molar-refractivity contribution is 8.00. The molecule has 0 spiro atoms. The van der Waals surface area contributed by atoms with Gasteiger partial charge >= 0.3 is 0 Å². The van der Waals surface area contributed by atoms with Gasteiger partial charge in [0, 0.05) is 36.7 Å². The van der Waals surface area contributed by atoms with Gasteiger partial charge in [-0.1, -0.05) is 13.8 Å². The molecule has 17 heavy (non-hydrogen) atoms. The van der Waals surface area contributed by atoms with Crippen LogP contribution in [0.15, 0.2) is 4.99 Å². The molecule has 1 N–H and O–H groups in total. The molecule has 1 aliphatic heterocycles. The maximum absolute atomic E-state index is 4.45. The first-order valence-corrected chi connectivity index (χ1v) is 7.45. The van der Waals surface area contributed by atoms with Crippen LogP contribution in [0.5, 0.6) is 0 Å². The molecule has 0 amide bonds. The Kier molecular flexibility index (Phi) is 3.36. The Bertz CT molecular complexity index is 323. The summed E-state index contributed by atoms with van der Waals surface area (Å²) in [7, 11) is 1.90. The second-order valence-corrected chi connectivity index (χ2v) is 8.27. The van der Waals surface area contributed by atoms with Crippen molar-refractivity contribution in [1.29, 1.82) is 0 Å². The maximum atomic E-state index is 4.45. The van der Waals surface area contributed by atoms with Crippen molar-refractivity contribution < 1.29 is 0 Å². The van der Waals surface area contributed by atoms with E-state index in [0.717, 1.165) is 19.0 Å². The Morgan fingerprint density at radius 2 is 2.00 bits per heavy atom. The quantitative estimate of drug-likeness (QED) is 0.575. The third-order valence-electron chi connectivity index (χ3n) is 3.75. The van der Waals surface area contributed by atoms with E-state index in [1.54, 1.807) is 0 Å². The van der Waals surface area contributed by atoms with Crippen molar-refractivity contribution in [2.24, 2.45) is 10.4 Å². The number of rotatable bonds is 1. The average Bonchev–Trinajstić information content (AvgIpc) is 2.81. The first-order chi connectivity index (χ1) is 7.84. The molecule has 1 unspecified atom stereocenters. The molecule has 0 bridgehead atoms. The summed E-state index contributed by atoms with van der Waals surface area (Å²) in [6.45, 7) is 11.5. The summed E-state index contributed by atoms with van der Waals surface area (Å²) in [5.74, 6) is 2.29. The Balaban J connectivity index is 1.95. The third-order valence-corrected chi connectivity index (χ3v) is 5.05. The van der Waals surface area contributed by atoms with E-state index in [-0.39, 0.29) is 0 Å². The molecule has 98 valence electrons. The highest BCUT2D eigenvalue weighted by atomic mass is 32.2. The lowest BCUT2D eigenvalue weighted by atomic mass is 10.2. The third kappa shape index (κ3) is 3.09. The highest BCUT2D eigenvalue weighted by Gasteiger charge is 2.46. The van der Waals surface area contributed by atoms with E-state index in [0.29, 0.717) is 16.2 Å². The van der Waals surface area contributed by atoms with E-state index in [1.165, 1.54) is 12.2 Å². The van der Waals surface area contributed by atoms with Crippen LogP contribution in [0.3, 0.4) is 0 Å². The summed E-state index contributed by atoms with van der Waals surface area (Å²) in [4.78, 5) is 6.85. The molecule has 0 aromatic carbocycles. The van der Waals surface area contributed by atoms with Crippen molar-refractivity contribution >= 4 is 17.7 Å². The zero-order valence-corrected chi connectivity index (χ0v) is 12.5. The number of guanidine groups is 1. The van der Waals surface area contributed by atoms with Crippen molar-refractivity contribution in [1.82, 2.24) is 10.2 Å². The van der Waals surface area contributed by atoms with Gasteiger partial charge in [-0.3, -0.25) is 4.99 Å². The van der Waals surface area contributed by atoms with Crippen LogP contribution in [0.25, 0.3) is 0 Å². The van der Waals surface area contributed by atoms with Gasteiger partial charge < -0.3 is 10.2 Å². The lowest BCUT2D eigenvalue weighted by Gasteiger charge is -2.39. The highest BCUT2D eigenvalue weighted by Crippen LogP contribution is 2.44.